The summed E-state index contributed by atoms with van der Waals surface area (Å²) in [7, 11) is 3.11. The highest BCUT2D eigenvalue weighted by Gasteiger charge is 2.30. The predicted molar refractivity (Wildman–Crippen MR) is 121 cm³/mol. The van der Waals surface area contributed by atoms with E-state index in [9.17, 15) is 13.6 Å². The largest absolute Gasteiger partial charge is 0.497 e. The van der Waals surface area contributed by atoms with Crippen molar-refractivity contribution in [2.75, 3.05) is 25.1 Å². The van der Waals surface area contributed by atoms with E-state index in [2.05, 4.69) is 0 Å². The third kappa shape index (κ3) is 4.17. The molecule has 0 bridgehead atoms. The number of hydrogen-bond acceptors (Lipinski definition) is 6. The van der Waals surface area contributed by atoms with Gasteiger partial charge in [-0.25, -0.2) is 13.8 Å². The van der Waals surface area contributed by atoms with E-state index in [1.807, 2.05) is 0 Å². The Morgan fingerprint density at radius 3 is 2.52 bits per heavy atom. The quantitative estimate of drug-likeness (QED) is 0.655. The van der Waals surface area contributed by atoms with Crippen LogP contribution in [0.1, 0.15) is 12.0 Å². The maximum Gasteiger partial charge on any atom is 0.263 e. The molecule has 2 atom stereocenters. The number of nitrogens with zero attached hydrogens (tertiary/aromatic N) is 4. The lowest BCUT2D eigenvalue weighted by Crippen LogP contribution is -2.50. The first-order chi connectivity index (χ1) is 15.8. The predicted octanol–water partition coefficient (Wildman–Crippen LogP) is 3.01. The number of ether oxygens (including phenoxy) is 1. The second-order valence-corrected chi connectivity index (χ2v) is 7.95. The van der Waals surface area contributed by atoms with Crippen molar-refractivity contribution in [1.29, 1.82) is 5.26 Å². The Bertz CT molecular complexity index is 1280. The van der Waals surface area contributed by atoms with E-state index in [-0.39, 0.29) is 34.9 Å². The molecule has 33 heavy (non-hydrogen) atoms. The van der Waals surface area contributed by atoms with Gasteiger partial charge >= 0.3 is 0 Å². The molecule has 170 valence electrons. The summed E-state index contributed by atoms with van der Waals surface area (Å²) >= 11 is 0. The topological polar surface area (TPSA) is 97.2 Å². The molecule has 3 aromatic rings. The molecule has 0 amide bonds. The lowest BCUT2D eigenvalue weighted by Gasteiger charge is -2.34. The van der Waals surface area contributed by atoms with Crippen molar-refractivity contribution in [2.24, 2.45) is 12.8 Å². The van der Waals surface area contributed by atoms with Gasteiger partial charge in [-0.05, 0) is 36.2 Å². The Morgan fingerprint density at radius 2 is 1.91 bits per heavy atom. The molecular formula is C24H23F2N5O2. The third-order valence-corrected chi connectivity index (χ3v) is 5.88. The monoisotopic (exact) mass is 451 g/mol. The van der Waals surface area contributed by atoms with Crippen molar-refractivity contribution >= 4 is 5.95 Å². The van der Waals surface area contributed by atoms with Gasteiger partial charge in [0, 0.05) is 25.2 Å². The Hall–Kier alpha value is -3.77. The molecule has 1 aromatic heterocycles. The van der Waals surface area contributed by atoms with Gasteiger partial charge in [0.2, 0.25) is 5.95 Å². The van der Waals surface area contributed by atoms with Crippen LogP contribution < -0.4 is 20.9 Å². The zero-order valence-electron chi connectivity index (χ0n) is 18.3. The van der Waals surface area contributed by atoms with Crippen LogP contribution in [0.4, 0.5) is 14.7 Å². The van der Waals surface area contributed by atoms with Crippen molar-refractivity contribution in [3.8, 4) is 34.2 Å². The number of nitrogens with two attached hydrogens (primary N) is 1. The number of nitriles is 1. The fraction of sp³-hybridized carbons (Fsp3) is 0.292. The number of halogens is 2. The Kier molecular flexibility index (Phi) is 6.11. The van der Waals surface area contributed by atoms with Crippen LogP contribution in [0.3, 0.4) is 0 Å². The number of anilines is 1. The minimum atomic E-state index is -1.26. The first-order valence-corrected chi connectivity index (χ1v) is 10.4. The molecule has 0 radical (unpaired) electrons. The highest BCUT2D eigenvalue weighted by Crippen LogP contribution is 2.32. The van der Waals surface area contributed by atoms with Gasteiger partial charge in [-0.2, -0.15) is 5.26 Å². The molecule has 7 nitrogen and oxygen atoms in total. The Morgan fingerprint density at radius 1 is 1.21 bits per heavy atom. The molecule has 1 aliphatic heterocycles. The normalized spacial score (nSPS) is 18.1. The molecule has 2 aromatic carbocycles. The van der Waals surface area contributed by atoms with Gasteiger partial charge in [-0.3, -0.25) is 9.36 Å². The first kappa shape index (κ1) is 22.4. The summed E-state index contributed by atoms with van der Waals surface area (Å²) in [5, 5.41) is 9.08. The highest BCUT2D eigenvalue weighted by molar-refractivity contribution is 5.81. The van der Waals surface area contributed by atoms with Crippen molar-refractivity contribution in [1.82, 2.24) is 9.55 Å². The average Bonchev–Trinajstić information content (AvgIpc) is 2.82. The fourth-order valence-electron chi connectivity index (χ4n) is 3.96. The van der Waals surface area contributed by atoms with Crippen LogP contribution in [0.15, 0.2) is 47.3 Å². The molecule has 1 fully saturated rings. The van der Waals surface area contributed by atoms with Crippen molar-refractivity contribution in [2.45, 2.75) is 18.6 Å². The van der Waals surface area contributed by atoms with Gasteiger partial charge < -0.3 is 15.4 Å². The van der Waals surface area contributed by atoms with Gasteiger partial charge in [0.05, 0.1) is 30.5 Å². The summed E-state index contributed by atoms with van der Waals surface area (Å²) in [6.07, 6.45) is -0.842. The standard InChI is InChI=1S/C24H23F2N5O2/c1-30-23(32)21(14-5-7-17(33-2)8-6-14)22(15-3-4-16(12-27)18(25)11-15)29-24(30)31-10-9-20(28)19(26)13-31/h3-8,11,19-20H,9-10,13,28H2,1-2H3. The second kappa shape index (κ2) is 9.00. The summed E-state index contributed by atoms with van der Waals surface area (Å²) in [4.78, 5) is 19.9. The van der Waals surface area contributed by atoms with Crippen LogP contribution in [0.25, 0.3) is 22.4 Å². The average molecular weight is 451 g/mol. The Labute approximate surface area is 189 Å². The highest BCUT2D eigenvalue weighted by atomic mass is 19.1. The molecule has 4 rings (SSSR count). The minimum absolute atomic E-state index is 0.00446. The number of aromatic nitrogens is 2. The van der Waals surface area contributed by atoms with Crippen LogP contribution in [0.5, 0.6) is 5.75 Å². The molecule has 2 N–H and O–H groups in total. The molecule has 9 heteroatoms. The van der Waals surface area contributed by atoms with E-state index in [0.29, 0.717) is 29.8 Å². The lowest BCUT2D eigenvalue weighted by atomic mass is 9.99. The van der Waals surface area contributed by atoms with E-state index in [4.69, 9.17) is 20.7 Å². The minimum Gasteiger partial charge on any atom is -0.497 e. The summed E-state index contributed by atoms with van der Waals surface area (Å²) < 4.78 is 35.4. The van der Waals surface area contributed by atoms with Gasteiger partial charge in [0.25, 0.3) is 5.56 Å². The molecule has 0 saturated carbocycles. The number of alkyl halides is 1. The molecule has 1 aliphatic rings. The van der Waals surface area contributed by atoms with Crippen molar-refractivity contribution in [3.05, 3.63) is 64.2 Å². The lowest BCUT2D eigenvalue weighted by molar-refractivity contribution is 0.249. The second-order valence-electron chi connectivity index (χ2n) is 7.95. The fourth-order valence-corrected chi connectivity index (χ4v) is 3.96. The number of methoxy groups -OCH3 is 1. The zero-order chi connectivity index (χ0) is 23.7. The SMILES string of the molecule is COc1ccc(-c2c(-c3ccc(C#N)c(F)c3)nc(N3CCC(N)C(F)C3)n(C)c2=O)cc1. The summed E-state index contributed by atoms with van der Waals surface area (Å²) in [6, 6.07) is 12.2. The third-order valence-electron chi connectivity index (χ3n) is 5.88. The Balaban J connectivity index is 1.94. The van der Waals surface area contributed by atoms with E-state index in [1.54, 1.807) is 48.3 Å². The smallest absolute Gasteiger partial charge is 0.263 e. The summed E-state index contributed by atoms with van der Waals surface area (Å²) in [5.74, 6) is 0.170. The number of rotatable bonds is 4. The molecule has 2 unspecified atom stereocenters. The van der Waals surface area contributed by atoms with E-state index in [1.165, 1.54) is 23.8 Å². The van der Waals surface area contributed by atoms with Gasteiger partial charge in [-0.1, -0.05) is 18.2 Å². The van der Waals surface area contributed by atoms with Crippen LogP contribution in [0, 0.1) is 17.1 Å². The van der Waals surface area contributed by atoms with Gasteiger partial charge in [-0.15, -0.1) is 0 Å². The number of benzene rings is 2. The molecule has 0 spiro atoms. The zero-order valence-corrected chi connectivity index (χ0v) is 18.3. The van der Waals surface area contributed by atoms with Crippen LogP contribution in [-0.2, 0) is 7.05 Å². The van der Waals surface area contributed by atoms with E-state index >= 15 is 0 Å². The molecule has 2 heterocycles. The number of piperidine rings is 1. The molecular weight excluding hydrogens is 428 g/mol. The maximum atomic E-state index is 14.5. The van der Waals surface area contributed by atoms with Gasteiger partial charge in [0.15, 0.2) is 0 Å². The summed E-state index contributed by atoms with van der Waals surface area (Å²) in [5.41, 5.74) is 6.74. The first-order valence-electron chi connectivity index (χ1n) is 10.4. The maximum absolute atomic E-state index is 14.5. The van der Waals surface area contributed by atoms with E-state index < -0.39 is 18.0 Å². The molecule has 1 saturated heterocycles. The van der Waals surface area contributed by atoms with E-state index in [0.717, 1.165) is 0 Å². The van der Waals surface area contributed by atoms with Gasteiger partial charge in [0.1, 0.15) is 23.8 Å². The van der Waals surface area contributed by atoms with Crippen LogP contribution in [-0.4, -0.2) is 42.0 Å². The van der Waals surface area contributed by atoms with Crippen molar-refractivity contribution in [3.63, 3.8) is 0 Å². The van der Waals surface area contributed by atoms with Crippen LogP contribution in [0.2, 0.25) is 0 Å². The van der Waals surface area contributed by atoms with Crippen molar-refractivity contribution < 1.29 is 13.5 Å². The summed E-state index contributed by atoms with van der Waals surface area (Å²) in [6.45, 7) is 0.440. The number of hydrogen-bond donors (Lipinski definition) is 1. The molecule has 0 aliphatic carbocycles. The van der Waals surface area contributed by atoms with Crippen LogP contribution >= 0.6 is 0 Å².